The van der Waals surface area contributed by atoms with E-state index in [2.05, 4.69) is 15.9 Å². The highest BCUT2D eigenvalue weighted by Crippen LogP contribution is 2.42. The molecule has 0 spiro atoms. The van der Waals surface area contributed by atoms with Gasteiger partial charge in [0, 0.05) is 20.6 Å². The number of ether oxygens (including phenoxy) is 2. The third-order valence-electron chi connectivity index (χ3n) is 3.01. The Morgan fingerprint density at radius 2 is 1.48 bits per heavy atom. The fourth-order valence-electron chi connectivity index (χ4n) is 1.94. The highest BCUT2D eigenvalue weighted by atomic mass is 79.9. The summed E-state index contributed by atoms with van der Waals surface area (Å²) in [6.07, 6.45) is 0. The molecule has 2 aromatic rings. The van der Waals surface area contributed by atoms with Crippen molar-refractivity contribution in [2.45, 2.75) is 5.38 Å². The standard InChI is InChI=1S/C15H12BrCl3O2/c1-20-13-6-10(12(18)7-14(13)21-2)15(19)9-5-8(16)3-4-11(9)17/h3-7,15H,1-2H3. The quantitative estimate of drug-likeness (QED) is 0.567. The van der Waals surface area contributed by atoms with Crippen molar-refractivity contribution in [2.24, 2.45) is 0 Å². The Morgan fingerprint density at radius 1 is 0.905 bits per heavy atom. The van der Waals surface area contributed by atoms with Crippen molar-refractivity contribution in [2.75, 3.05) is 14.2 Å². The van der Waals surface area contributed by atoms with Crippen LogP contribution in [0.15, 0.2) is 34.8 Å². The largest absolute Gasteiger partial charge is 0.493 e. The number of rotatable bonds is 4. The van der Waals surface area contributed by atoms with Crippen molar-refractivity contribution in [3.8, 4) is 11.5 Å². The first-order valence-corrected chi connectivity index (χ1v) is 7.97. The van der Waals surface area contributed by atoms with E-state index in [4.69, 9.17) is 44.3 Å². The summed E-state index contributed by atoms with van der Waals surface area (Å²) >= 11 is 22.5. The summed E-state index contributed by atoms with van der Waals surface area (Å²) in [5.74, 6) is 1.11. The SMILES string of the molecule is COc1cc(Cl)c(C(Cl)c2cc(Br)ccc2Cl)cc1OC. The summed E-state index contributed by atoms with van der Waals surface area (Å²) in [5.41, 5.74) is 1.47. The Balaban J connectivity index is 2.52. The lowest BCUT2D eigenvalue weighted by molar-refractivity contribution is 0.354. The van der Waals surface area contributed by atoms with Crippen LogP contribution in [-0.2, 0) is 0 Å². The zero-order valence-electron chi connectivity index (χ0n) is 11.3. The van der Waals surface area contributed by atoms with E-state index >= 15 is 0 Å². The maximum atomic E-state index is 6.55. The van der Waals surface area contributed by atoms with E-state index in [1.165, 1.54) is 0 Å². The monoisotopic (exact) mass is 408 g/mol. The third kappa shape index (κ3) is 3.59. The van der Waals surface area contributed by atoms with Gasteiger partial charge in [0.15, 0.2) is 11.5 Å². The van der Waals surface area contributed by atoms with Gasteiger partial charge >= 0.3 is 0 Å². The van der Waals surface area contributed by atoms with Crippen molar-refractivity contribution in [3.05, 3.63) is 56.0 Å². The van der Waals surface area contributed by atoms with Crippen molar-refractivity contribution in [1.82, 2.24) is 0 Å². The van der Waals surface area contributed by atoms with Crippen molar-refractivity contribution in [1.29, 1.82) is 0 Å². The van der Waals surface area contributed by atoms with E-state index in [1.54, 1.807) is 32.4 Å². The molecule has 2 rings (SSSR count). The second-order valence-corrected chi connectivity index (χ2v) is 6.42. The number of hydrogen-bond acceptors (Lipinski definition) is 2. The zero-order chi connectivity index (χ0) is 15.6. The summed E-state index contributed by atoms with van der Waals surface area (Å²) in [5, 5.41) is 0.565. The molecule has 1 unspecified atom stereocenters. The summed E-state index contributed by atoms with van der Waals surface area (Å²) in [4.78, 5) is 0. The molecule has 0 aromatic heterocycles. The van der Waals surface area contributed by atoms with Gasteiger partial charge in [-0.15, -0.1) is 11.6 Å². The maximum Gasteiger partial charge on any atom is 0.162 e. The van der Waals surface area contributed by atoms with E-state index in [9.17, 15) is 0 Å². The fraction of sp³-hybridized carbons (Fsp3) is 0.200. The van der Waals surface area contributed by atoms with Crippen LogP contribution in [0.2, 0.25) is 10.0 Å². The molecule has 0 aliphatic rings. The third-order valence-corrected chi connectivity index (χ3v) is 4.64. The van der Waals surface area contributed by atoms with Gasteiger partial charge in [-0.3, -0.25) is 0 Å². The molecule has 21 heavy (non-hydrogen) atoms. The Kier molecular flexibility index (Phi) is 5.67. The fourth-order valence-corrected chi connectivity index (χ4v) is 3.28. The van der Waals surface area contributed by atoms with Crippen LogP contribution in [0.5, 0.6) is 11.5 Å². The molecular weight excluding hydrogens is 398 g/mol. The molecule has 0 saturated heterocycles. The van der Waals surface area contributed by atoms with Crippen LogP contribution >= 0.6 is 50.7 Å². The Bertz CT molecular complexity index is 662. The van der Waals surface area contributed by atoms with Gasteiger partial charge in [0.1, 0.15) is 0 Å². The molecule has 0 heterocycles. The van der Waals surface area contributed by atoms with E-state index in [0.717, 1.165) is 10.0 Å². The average Bonchev–Trinajstić information content (AvgIpc) is 2.48. The number of alkyl halides is 1. The van der Waals surface area contributed by atoms with Crippen LogP contribution in [-0.4, -0.2) is 14.2 Å². The van der Waals surface area contributed by atoms with E-state index in [-0.39, 0.29) is 0 Å². The van der Waals surface area contributed by atoms with E-state index in [1.807, 2.05) is 12.1 Å². The lowest BCUT2D eigenvalue weighted by Gasteiger charge is -2.17. The van der Waals surface area contributed by atoms with Crippen LogP contribution in [0.3, 0.4) is 0 Å². The molecule has 1 atom stereocenters. The molecule has 2 nitrogen and oxygen atoms in total. The number of benzene rings is 2. The number of hydrogen-bond donors (Lipinski definition) is 0. The van der Waals surface area contributed by atoms with Crippen LogP contribution in [0.25, 0.3) is 0 Å². The van der Waals surface area contributed by atoms with Gasteiger partial charge in [0.05, 0.1) is 19.6 Å². The second kappa shape index (κ2) is 7.10. The number of halogens is 4. The lowest BCUT2D eigenvalue weighted by Crippen LogP contribution is -1.99. The Hall–Kier alpha value is -0.610. The molecule has 6 heteroatoms. The normalized spacial score (nSPS) is 12.1. The van der Waals surface area contributed by atoms with Crippen LogP contribution in [0.4, 0.5) is 0 Å². The molecule has 112 valence electrons. The summed E-state index contributed by atoms with van der Waals surface area (Å²) in [6.45, 7) is 0. The van der Waals surface area contributed by atoms with Crippen molar-refractivity contribution in [3.63, 3.8) is 0 Å². The van der Waals surface area contributed by atoms with E-state index < -0.39 is 5.38 Å². The van der Waals surface area contributed by atoms with Crippen LogP contribution in [0.1, 0.15) is 16.5 Å². The van der Waals surface area contributed by atoms with Gasteiger partial charge in [-0.05, 0) is 35.4 Å². The first-order valence-electron chi connectivity index (χ1n) is 5.98. The van der Waals surface area contributed by atoms with Gasteiger partial charge < -0.3 is 9.47 Å². The van der Waals surface area contributed by atoms with Gasteiger partial charge in [0.2, 0.25) is 0 Å². The summed E-state index contributed by atoms with van der Waals surface area (Å²) < 4.78 is 11.4. The molecule has 0 saturated carbocycles. The van der Waals surface area contributed by atoms with Gasteiger partial charge in [0.25, 0.3) is 0 Å². The minimum atomic E-state index is -0.498. The molecule has 0 fully saturated rings. The predicted molar refractivity (Wildman–Crippen MR) is 91.4 cm³/mol. The Labute approximate surface area is 147 Å². The molecule has 0 aliphatic heterocycles. The van der Waals surface area contributed by atoms with Gasteiger partial charge in [-0.2, -0.15) is 0 Å². The first-order chi connectivity index (χ1) is 9.97. The molecule has 2 aromatic carbocycles. The van der Waals surface area contributed by atoms with Gasteiger partial charge in [-0.25, -0.2) is 0 Å². The maximum absolute atomic E-state index is 6.55. The van der Waals surface area contributed by atoms with Crippen molar-refractivity contribution < 1.29 is 9.47 Å². The minimum absolute atomic E-state index is 0.490. The van der Waals surface area contributed by atoms with Crippen LogP contribution in [0, 0.1) is 0 Å². The molecule has 0 amide bonds. The predicted octanol–water partition coefficient (Wildman–Crippen LogP) is 6.10. The molecule has 0 bridgehead atoms. The highest BCUT2D eigenvalue weighted by Gasteiger charge is 2.20. The van der Waals surface area contributed by atoms with Gasteiger partial charge in [-0.1, -0.05) is 39.1 Å². The molecular formula is C15H12BrCl3O2. The summed E-state index contributed by atoms with van der Waals surface area (Å²) in [7, 11) is 3.11. The molecule has 0 aliphatic carbocycles. The average molecular weight is 411 g/mol. The smallest absolute Gasteiger partial charge is 0.162 e. The minimum Gasteiger partial charge on any atom is -0.493 e. The number of methoxy groups -OCH3 is 2. The lowest BCUT2D eigenvalue weighted by atomic mass is 10.0. The second-order valence-electron chi connectivity index (χ2n) is 4.26. The van der Waals surface area contributed by atoms with E-state index in [0.29, 0.717) is 27.1 Å². The summed E-state index contributed by atoms with van der Waals surface area (Å²) in [6, 6.07) is 8.94. The highest BCUT2D eigenvalue weighted by molar-refractivity contribution is 9.10. The van der Waals surface area contributed by atoms with Crippen molar-refractivity contribution >= 4 is 50.7 Å². The first kappa shape index (κ1) is 16.8. The topological polar surface area (TPSA) is 18.5 Å². The zero-order valence-corrected chi connectivity index (χ0v) is 15.1. The Morgan fingerprint density at radius 3 is 2.10 bits per heavy atom. The van der Waals surface area contributed by atoms with Crippen LogP contribution < -0.4 is 9.47 Å². The molecule has 0 radical (unpaired) electrons. The molecule has 0 N–H and O–H groups in total.